The van der Waals surface area contributed by atoms with E-state index in [0.717, 1.165) is 0 Å². The molecule has 14 atom stereocenters. The zero-order valence-electron chi connectivity index (χ0n) is 26.3. The number of methoxy groups -OCH3 is 5. The minimum Gasteiger partial charge on any atom is -0.497 e. The summed E-state index contributed by atoms with van der Waals surface area (Å²) in [5.41, 5.74) is -2.69. The lowest BCUT2D eigenvalue weighted by atomic mass is 9.43. The monoisotopic (exact) mass is 615 g/mol. The molecule has 5 saturated carbocycles. The van der Waals surface area contributed by atoms with E-state index in [4.69, 9.17) is 28.4 Å². The SMILES string of the molecule is CCN1C[C@]2(COC)C(O)C[C@H](OC)[C@@]34[C@@H]5C[C@]6(O)[C@H](OC(=O)c7ccc(OC)cc7)[C@@H]5[C@H](C(=O)[C@@H]6OC)[C@@H]([C@H](OC)[C@H]23)[C@@H]14. The van der Waals surface area contributed by atoms with Crippen molar-refractivity contribution in [3.63, 3.8) is 0 Å². The summed E-state index contributed by atoms with van der Waals surface area (Å²) in [4.78, 5) is 30.6. The lowest BCUT2D eigenvalue weighted by molar-refractivity contribution is -0.280. The lowest BCUT2D eigenvalue weighted by Crippen LogP contribution is -2.77. The van der Waals surface area contributed by atoms with Crippen LogP contribution in [0.4, 0.5) is 0 Å². The zero-order chi connectivity index (χ0) is 31.3. The van der Waals surface area contributed by atoms with E-state index in [1.54, 1.807) is 52.7 Å². The highest BCUT2D eigenvalue weighted by Crippen LogP contribution is 2.78. The fraction of sp³-hybridized carbons (Fsp3) is 0.758. The third-order valence-electron chi connectivity index (χ3n) is 12.8. The molecule has 1 aliphatic heterocycles. The number of fused-ring (bicyclic) bond motifs is 2. The van der Waals surface area contributed by atoms with Gasteiger partial charge in [-0.2, -0.15) is 0 Å². The van der Waals surface area contributed by atoms with Crippen LogP contribution in [0, 0.1) is 40.4 Å². The largest absolute Gasteiger partial charge is 0.497 e. The van der Waals surface area contributed by atoms with Crippen LogP contribution in [0.1, 0.15) is 30.1 Å². The summed E-state index contributed by atoms with van der Waals surface area (Å²) in [5.74, 6) is -1.98. The quantitative estimate of drug-likeness (QED) is 0.388. The van der Waals surface area contributed by atoms with Crippen molar-refractivity contribution in [1.29, 1.82) is 0 Å². The number of hydrogen-bond acceptors (Lipinski definition) is 11. The second-order valence-electron chi connectivity index (χ2n) is 13.9. The molecule has 6 fully saturated rings. The Morgan fingerprint density at radius 3 is 2.36 bits per heavy atom. The van der Waals surface area contributed by atoms with E-state index in [9.17, 15) is 19.8 Å². The average Bonchev–Trinajstić information content (AvgIpc) is 3.36. The number of nitrogens with zero attached hydrogens (tertiary/aromatic N) is 1. The molecule has 242 valence electrons. The topological polar surface area (TPSA) is 133 Å². The van der Waals surface area contributed by atoms with E-state index in [1.165, 1.54) is 7.11 Å². The van der Waals surface area contributed by atoms with Crippen molar-refractivity contribution in [3.05, 3.63) is 29.8 Å². The second-order valence-corrected chi connectivity index (χ2v) is 13.9. The first-order valence-electron chi connectivity index (χ1n) is 15.7. The molecule has 1 spiro atoms. The highest BCUT2D eigenvalue weighted by molar-refractivity contribution is 5.92. The number of benzene rings is 1. The van der Waals surface area contributed by atoms with Gasteiger partial charge in [0, 0.05) is 81.9 Å². The molecule has 0 aromatic heterocycles. The van der Waals surface area contributed by atoms with Gasteiger partial charge in [-0.1, -0.05) is 6.92 Å². The number of piperidine rings is 1. The van der Waals surface area contributed by atoms with Crippen molar-refractivity contribution in [3.8, 4) is 5.75 Å². The molecule has 1 unspecified atom stereocenters. The van der Waals surface area contributed by atoms with Crippen molar-refractivity contribution in [2.24, 2.45) is 40.4 Å². The van der Waals surface area contributed by atoms with Crippen molar-refractivity contribution >= 4 is 11.8 Å². The van der Waals surface area contributed by atoms with E-state index < -0.39 is 52.5 Å². The third kappa shape index (κ3) is 3.47. The molecule has 11 heteroatoms. The summed E-state index contributed by atoms with van der Waals surface area (Å²) in [6.45, 7) is 3.73. The van der Waals surface area contributed by atoms with Crippen LogP contribution < -0.4 is 4.74 Å². The van der Waals surface area contributed by atoms with Crippen molar-refractivity contribution in [1.82, 2.24) is 4.90 Å². The summed E-state index contributed by atoms with van der Waals surface area (Å²) in [6.07, 6.45) is -3.03. The Labute approximate surface area is 258 Å². The van der Waals surface area contributed by atoms with Gasteiger partial charge in [0.2, 0.25) is 0 Å². The van der Waals surface area contributed by atoms with Gasteiger partial charge in [-0.15, -0.1) is 0 Å². The molecule has 6 aliphatic rings. The lowest BCUT2D eigenvalue weighted by Gasteiger charge is -2.69. The molecule has 7 rings (SSSR count). The second kappa shape index (κ2) is 10.4. The van der Waals surface area contributed by atoms with Crippen LogP contribution >= 0.6 is 0 Å². The van der Waals surface area contributed by atoms with Crippen LogP contribution in [0.5, 0.6) is 5.75 Å². The summed E-state index contributed by atoms with van der Waals surface area (Å²) in [7, 11) is 8.02. The normalized spacial score (nSPS) is 48.4. The molecule has 1 aromatic carbocycles. The number of likely N-dealkylation sites (tertiary alicyclic amines) is 1. The Morgan fingerprint density at radius 2 is 1.77 bits per heavy atom. The number of ether oxygens (including phenoxy) is 6. The molecule has 0 amide bonds. The predicted octanol–water partition coefficient (Wildman–Crippen LogP) is 1.18. The van der Waals surface area contributed by atoms with Gasteiger partial charge in [-0.25, -0.2) is 4.79 Å². The minimum atomic E-state index is -1.73. The molecule has 2 N–H and O–H groups in total. The zero-order valence-corrected chi connectivity index (χ0v) is 26.3. The first-order valence-corrected chi connectivity index (χ1v) is 15.7. The molecule has 44 heavy (non-hydrogen) atoms. The summed E-state index contributed by atoms with van der Waals surface area (Å²) >= 11 is 0. The van der Waals surface area contributed by atoms with Gasteiger partial charge in [0.1, 0.15) is 23.6 Å². The van der Waals surface area contributed by atoms with Crippen LogP contribution in [-0.2, 0) is 28.5 Å². The number of aliphatic hydroxyl groups excluding tert-OH is 1. The van der Waals surface area contributed by atoms with Gasteiger partial charge in [0.05, 0.1) is 37.6 Å². The van der Waals surface area contributed by atoms with Crippen LogP contribution in [0.3, 0.4) is 0 Å². The standard InChI is InChI=1S/C33H45NO10/c1-7-34-14-31(15-39-2)19(35)12-20(41-4)33-18-13-32(38)28(44-30(37)16-8-10-17(40-3)11-9-16)21(18)22(24(36)29(32)43-6)23(27(33)34)25(42-5)26(31)33/h8-11,18-23,25-29,35,38H,7,12-15H2,1-6H3/t18-,19?,20+,21+,22+,23+,25+,26-,27-,28-,29+,31+,32+,33+/m1/s1. The molecule has 11 nitrogen and oxygen atoms in total. The maximum atomic E-state index is 14.5. The Morgan fingerprint density at radius 1 is 1.05 bits per heavy atom. The fourth-order valence-electron chi connectivity index (χ4n) is 11.8. The van der Waals surface area contributed by atoms with Crippen molar-refractivity contribution in [2.75, 3.05) is 55.2 Å². The first kappa shape index (κ1) is 30.5. The molecule has 1 aromatic rings. The van der Waals surface area contributed by atoms with Crippen LogP contribution in [-0.4, -0.2) is 124 Å². The van der Waals surface area contributed by atoms with Crippen LogP contribution in [0.25, 0.3) is 0 Å². The number of aliphatic hydroxyl groups is 2. The van der Waals surface area contributed by atoms with E-state index in [2.05, 4.69) is 11.8 Å². The van der Waals surface area contributed by atoms with Gasteiger partial charge < -0.3 is 38.6 Å². The molecule has 1 saturated heterocycles. The number of esters is 1. The third-order valence-corrected chi connectivity index (χ3v) is 12.8. The molecular formula is C33H45NO10. The average molecular weight is 616 g/mol. The Balaban J connectivity index is 1.42. The summed E-state index contributed by atoms with van der Waals surface area (Å²) in [6, 6.07) is 6.53. The van der Waals surface area contributed by atoms with Crippen LogP contribution in [0.2, 0.25) is 0 Å². The van der Waals surface area contributed by atoms with Gasteiger partial charge in [0.15, 0.2) is 5.78 Å². The minimum absolute atomic E-state index is 0.101. The fourth-order valence-corrected chi connectivity index (χ4v) is 11.8. The van der Waals surface area contributed by atoms with Gasteiger partial charge in [-0.05, 0) is 43.1 Å². The highest BCUT2D eigenvalue weighted by Gasteiger charge is 2.87. The molecule has 5 aliphatic carbocycles. The first-order chi connectivity index (χ1) is 21.1. The predicted molar refractivity (Wildman–Crippen MR) is 155 cm³/mol. The maximum absolute atomic E-state index is 14.5. The number of rotatable bonds is 9. The van der Waals surface area contributed by atoms with Gasteiger partial charge in [-0.3, -0.25) is 9.69 Å². The van der Waals surface area contributed by atoms with Gasteiger partial charge in [0.25, 0.3) is 0 Å². The Kier molecular flexibility index (Phi) is 7.25. The van der Waals surface area contributed by atoms with E-state index >= 15 is 0 Å². The Hall–Kier alpha value is -2.12. The van der Waals surface area contributed by atoms with Gasteiger partial charge >= 0.3 is 5.97 Å². The summed E-state index contributed by atoms with van der Waals surface area (Å²) in [5, 5.41) is 24.4. The number of ketones is 1. The summed E-state index contributed by atoms with van der Waals surface area (Å²) < 4.78 is 36.0. The highest BCUT2D eigenvalue weighted by atomic mass is 16.6. The Bertz CT molecular complexity index is 1310. The number of Topliss-reactive ketones (excluding diaryl/α,β-unsaturated/α-hetero) is 1. The number of carbonyl (C=O) groups excluding carboxylic acids is 2. The van der Waals surface area contributed by atoms with E-state index in [-0.39, 0.29) is 48.2 Å². The van der Waals surface area contributed by atoms with E-state index in [0.29, 0.717) is 37.4 Å². The number of hydrogen-bond donors (Lipinski definition) is 2. The maximum Gasteiger partial charge on any atom is 0.338 e. The molecule has 1 heterocycles. The molecular weight excluding hydrogens is 570 g/mol. The van der Waals surface area contributed by atoms with E-state index in [1.807, 2.05) is 0 Å². The van der Waals surface area contributed by atoms with Crippen molar-refractivity contribution in [2.45, 2.75) is 61.9 Å². The number of carbonyl (C=O) groups is 2. The van der Waals surface area contributed by atoms with Crippen LogP contribution in [0.15, 0.2) is 24.3 Å². The van der Waals surface area contributed by atoms with Crippen molar-refractivity contribution < 1.29 is 48.2 Å². The molecule has 7 bridgehead atoms. The smallest absolute Gasteiger partial charge is 0.338 e. The molecule has 0 radical (unpaired) electrons.